The lowest BCUT2D eigenvalue weighted by Gasteiger charge is -2.17. The lowest BCUT2D eigenvalue weighted by atomic mass is 9.99. The SMILES string of the molecule is CSc1ccc(-c2nn(CC(C)C)c(=O)c(CN)c2CCO)cc1. The molecule has 1 heterocycles. The maximum atomic E-state index is 12.7. The van der Waals surface area contributed by atoms with Crippen molar-refractivity contribution < 1.29 is 5.11 Å². The number of thioether (sulfide) groups is 1. The molecule has 2 aromatic rings. The van der Waals surface area contributed by atoms with Crippen molar-refractivity contribution in [3.63, 3.8) is 0 Å². The van der Waals surface area contributed by atoms with Crippen molar-refractivity contribution in [2.75, 3.05) is 12.9 Å². The Morgan fingerprint density at radius 1 is 1.25 bits per heavy atom. The molecule has 0 aliphatic rings. The fraction of sp³-hybridized carbons (Fsp3) is 0.444. The first-order valence-corrected chi connectivity index (χ1v) is 9.32. The lowest BCUT2D eigenvalue weighted by Crippen LogP contribution is -2.32. The molecule has 0 unspecified atom stereocenters. The molecule has 5 nitrogen and oxygen atoms in total. The Balaban J connectivity index is 2.67. The van der Waals surface area contributed by atoms with E-state index < -0.39 is 0 Å². The van der Waals surface area contributed by atoms with Crippen molar-refractivity contribution in [2.24, 2.45) is 11.7 Å². The van der Waals surface area contributed by atoms with Gasteiger partial charge in [0, 0.05) is 35.7 Å². The molecule has 0 saturated carbocycles. The van der Waals surface area contributed by atoms with Gasteiger partial charge in [0.1, 0.15) is 0 Å². The molecule has 1 aromatic heterocycles. The quantitative estimate of drug-likeness (QED) is 0.751. The molecule has 6 heteroatoms. The molecule has 0 fully saturated rings. The van der Waals surface area contributed by atoms with E-state index in [4.69, 9.17) is 5.73 Å². The zero-order valence-corrected chi connectivity index (χ0v) is 15.3. The van der Waals surface area contributed by atoms with Gasteiger partial charge in [-0.3, -0.25) is 4.79 Å². The largest absolute Gasteiger partial charge is 0.396 e. The topological polar surface area (TPSA) is 81.1 Å². The zero-order chi connectivity index (χ0) is 17.7. The Labute approximate surface area is 146 Å². The van der Waals surface area contributed by atoms with E-state index in [-0.39, 0.29) is 18.7 Å². The number of aromatic nitrogens is 2. The first-order valence-electron chi connectivity index (χ1n) is 8.10. The normalized spacial score (nSPS) is 11.2. The second-order valence-electron chi connectivity index (χ2n) is 6.09. The highest BCUT2D eigenvalue weighted by atomic mass is 32.2. The molecule has 3 N–H and O–H groups in total. The predicted molar refractivity (Wildman–Crippen MR) is 99.2 cm³/mol. The van der Waals surface area contributed by atoms with Crippen LogP contribution in [0.15, 0.2) is 34.0 Å². The molecule has 2 rings (SSSR count). The van der Waals surface area contributed by atoms with Crippen molar-refractivity contribution in [1.82, 2.24) is 9.78 Å². The molecule has 0 radical (unpaired) electrons. The summed E-state index contributed by atoms with van der Waals surface area (Å²) in [5.41, 5.74) is 8.66. The van der Waals surface area contributed by atoms with Gasteiger partial charge in [-0.1, -0.05) is 26.0 Å². The summed E-state index contributed by atoms with van der Waals surface area (Å²) in [6, 6.07) is 8.06. The fourth-order valence-electron chi connectivity index (χ4n) is 2.70. The Bertz CT molecular complexity index is 739. The minimum atomic E-state index is -0.154. The average Bonchev–Trinajstić information content (AvgIpc) is 2.57. The smallest absolute Gasteiger partial charge is 0.271 e. The van der Waals surface area contributed by atoms with Crippen LogP contribution in [0.2, 0.25) is 0 Å². The van der Waals surface area contributed by atoms with Crippen molar-refractivity contribution in [2.45, 2.75) is 38.3 Å². The molecular weight excluding hydrogens is 322 g/mol. The van der Waals surface area contributed by atoms with Gasteiger partial charge in [0.15, 0.2) is 0 Å². The first kappa shape index (κ1) is 18.7. The van der Waals surface area contributed by atoms with Crippen LogP contribution in [-0.4, -0.2) is 27.7 Å². The molecule has 130 valence electrons. The summed E-state index contributed by atoms with van der Waals surface area (Å²) in [6.07, 6.45) is 2.40. The van der Waals surface area contributed by atoms with E-state index in [1.165, 1.54) is 4.68 Å². The van der Waals surface area contributed by atoms with Crippen molar-refractivity contribution in [1.29, 1.82) is 0 Å². The predicted octanol–water partition coefficient (Wildman–Crippen LogP) is 2.28. The standard InChI is InChI=1S/C18H25N3O2S/c1-12(2)11-21-18(23)16(10-19)15(8-9-22)17(20-21)13-4-6-14(24-3)7-5-13/h4-7,12,22H,8-11,19H2,1-3H3. The van der Waals surface area contributed by atoms with Crippen molar-refractivity contribution in [3.05, 3.63) is 45.7 Å². The van der Waals surface area contributed by atoms with Crippen LogP contribution in [0.1, 0.15) is 25.0 Å². The third-order valence-electron chi connectivity index (χ3n) is 3.83. The minimum absolute atomic E-state index is 0.0434. The van der Waals surface area contributed by atoms with Crippen LogP contribution in [0, 0.1) is 5.92 Å². The third-order valence-corrected chi connectivity index (χ3v) is 4.57. The summed E-state index contributed by atoms with van der Waals surface area (Å²) >= 11 is 1.67. The molecular formula is C18H25N3O2S. The molecule has 0 atom stereocenters. The summed E-state index contributed by atoms with van der Waals surface area (Å²) in [6.45, 7) is 4.74. The zero-order valence-electron chi connectivity index (χ0n) is 14.5. The number of hydrogen-bond acceptors (Lipinski definition) is 5. The van der Waals surface area contributed by atoms with E-state index >= 15 is 0 Å². The van der Waals surface area contributed by atoms with Gasteiger partial charge >= 0.3 is 0 Å². The van der Waals surface area contributed by atoms with E-state index in [0.717, 1.165) is 21.7 Å². The van der Waals surface area contributed by atoms with Gasteiger partial charge in [-0.2, -0.15) is 5.10 Å². The van der Waals surface area contributed by atoms with Crippen LogP contribution in [-0.2, 0) is 19.5 Å². The van der Waals surface area contributed by atoms with Crippen LogP contribution >= 0.6 is 11.8 Å². The van der Waals surface area contributed by atoms with E-state index in [2.05, 4.69) is 5.10 Å². The number of rotatable bonds is 7. The molecule has 0 bridgehead atoms. The number of benzene rings is 1. The summed E-state index contributed by atoms with van der Waals surface area (Å²) in [5.74, 6) is 0.302. The number of aliphatic hydroxyl groups is 1. The van der Waals surface area contributed by atoms with Crippen LogP contribution < -0.4 is 11.3 Å². The summed E-state index contributed by atoms with van der Waals surface area (Å²) < 4.78 is 1.51. The molecule has 24 heavy (non-hydrogen) atoms. The Kier molecular flexibility index (Phi) is 6.60. The van der Waals surface area contributed by atoms with Gasteiger partial charge in [-0.05, 0) is 36.3 Å². The monoisotopic (exact) mass is 347 g/mol. The second-order valence-corrected chi connectivity index (χ2v) is 6.97. The summed E-state index contributed by atoms with van der Waals surface area (Å²) in [5, 5.41) is 14.0. The first-order chi connectivity index (χ1) is 11.5. The second kappa shape index (κ2) is 8.46. The highest BCUT2D eigenvalue weighted by Gasteiger charge is 2.18. The molecule has 0 amide bonds. The number of nitrogens with zero attached hydrogens (tertiary/aromatic N) is 2. The maximum Gasteiger partial charge on any atom is 0.271 e. The molecule has 0 saturated heterocycles. The van der Waals surface area contributed by atoms with Crippen LogP contribution in [0.4, 0.5) is 0 Å². The van der Waals surface area contributed by atoms with Gasteiger partial charge in [0.25, 0.3) is 5.56 Å². The van der Waals surface area contributed by atoms with Crippen LogP contribution in [0.5, 0.6) is 0 Å². The molecule has 0 aliphatic heterocycles. The van der Waals surface area contributed by atoms with Gasteiger partial charge in [0.2, 0.25) is 0 Å². The molecule has 1 aromatic carbocycles. The van der Waals surface area contributed by atoms with Gasteiger partial charge < -0.3 is 10.8 Å². The van der Waals surface area contributed by atoms with Gasteiger partial charge in [0.05, 0.1) is 5.69 Å². The summed E-state index contributed by atoms with van der Waals surface area (Å²) in [7, 11) is 0. The lowest BCUT2D eigenvalue weighted by molar-refractivity contribution is 0.299. The van der Waals surface area contributed by atoms with E-state index in [0.29, 0.717) is 24.4 Å². The molecule has 0 spiro atoms. The number of hydrogen-bond donors (Lipinski definition) is 2. The average molecular weight is 347 g/mol. The number of nitrogens with two attached hydrogens (primary N) is 1. The maximum absolute atomic E-state index is 12.7. The van der Waals surface area contributed by atoms with E-state index in [9.17, 15) is 9.90 Å². The Morgan fingerprint density at radius 3 is 2.42 bits per heavy atom. The van der Waals surface area contributed by atoms with Crippen molar-refractivity contribution >= 4 is 11.8 Å². The van der Waals surface area contributed by atoms with Crippen LogP contribution in [0.25, 0.3) is 11.3 Å². The summed E-state index contributed by atoms with van der Waals surface area (Å²) in [4.78, 5) is 13.8. The fourth-order valence-corrected chi connectivity index (χ4v) is 3.10. The van der Waals surface area contributed by atoms with Gasteiger partial charge in [-0.15, -0.1) is 11.8 Å². The molecule has 0 aliphatic carbocycles. The van der Waals surface area contributed by atoms with Crippen LogP contribution in [0.3, 0.4) is 0 Å². The van der Waals surface area contributed by atoms with E-state index in [1.54, 1.807) is 11.8 Å². The minimum Gasteiger partial charge on any atom is -0.396 e. The van der Waals surface area contributed by atoms with Crippen molar-refractivity contribution in [3.8, 4) is 11.3 Å². The van der Waals surface area contributed by atoms with E-state index in [1.807, 2.05) is 44.4 Å². The Hall–Kier alpha value is -1.63. The highest BCUT2D eigenvalue weighted by molar-refractivity contribution is 7.98. The van der Waals surface area contributed by atoms with Gasteiger partial charge in [-0.25, -0.2) is 4.68 Å². The third kappa shape index (κ3) is 4.06. The highest BCUT2D eigenvalue weighted by Crippen LogP contribution is 2.25. The Morgan fingerprint density at radius 2 is 1.92 bits per heavy atom. The number of aliphatic hydroxyl groups excluding tert-OH is 1.